The predicted molar refractivity (Wildman–Crippen MR) is 73.2 cm³/mol. The van der Waals surface area contributed by atoms with Crippen LogP contribution in [-0.2, 0) is 0 Å². The van der Waals surface area contributed by atoms with Gasteiger partial charge in [-0.3, -0.25) is 0 Å². The van der Waals surface area contributed by atoms with Crippen LogP contribution in [0, 0.1) is 10.8 Å². The first-order valence-electron chi connectivity index (χ1n) is 6.70. The SMILES string of the molecule is CC1(C)C2=CCCC[C@@]2(C)CC/C1=N/NC(N)=O. The number of amides is 2. The highest BCUT2D eigenvalue weighted by Crippen LogP contribution is 2.53. The molecule has 4 nitrogen and oxygen atoms in total. The lowest BCUT2D eigenvalue weighted by Gasteiger charge is -2.48. The largest absolute Gasteiger partial charge is 0.350 e. The molecule has 2 aliphatic carbocycles. The van der Waals surface area contributed by atoms with E-state index in [1.165, 1.54) is 18.4 Å². The van der Waals surface area contributed by atoms with Gasteiger partial charge in [0.2, 0.25) is 0 Å². The van der Waals surface area contributed by atoms with Crippen molar-refractivity contribution >= 4 is 11.7 Å². The molecule has 0 heterocycles. The van der Waals surface area contributed by atoms with Gasteiger partial charge < -0.3 is 5.73 Å². The first kappa shape index (κ1) is 13.1. The van der Waals surface area contributed by atoms with Gasteiger partial charge in [0, 0.05) is 11.1 Å². The highest BCUT2D eigenvalue weighted by atomic mass is 16.2. The average molecular weight is 249 g/mol. The summed E-state index contributed by atoms with van der Waals surface area (Å²) in [5.41, 5.74) is 10.2. The zero-order valence-corrected chi connectivity index (χ0v) is 11.5. The molecule has 2 rings (SSSR count). The van der Waals surface area contributed by atoms with E-state index in [1.807, 2.05) is 0 Å². The predicted octanol–water partition coefficient (Wildman–Crippen LogP) is 2.95. The molecule has 1 saturated carbocycles. The molecular weight excluding hydrogens is 226 g/mol. The van der Waals surface area contributed by atoms with Gasteiger partial charge in [0.1, 0.15) is 0 Å². The molecule has 0 aliphatic heterocycles. The maximum Gasteiger partial charge on any atom is 0.332 e. The zero-order chi connectivity index (χ0) is 13.4. The number of allylic oxidation sites excluding steroid dienone is 2. The fraction of sp³-hybridized carbons (Fsp3) is 0.714. The molecule has 2 amide bonds. The number of nitrogens with one attached hydrogen (secondary N) is 1. The van der Waals surface area contributed by atoms with Crippen LogP contribution in [0.5, 0.6) is 0 Å². The quantitative estimate of drug-likeness (QED) is 0.544. The average Bonchev–Trinajstić information content (AvgIpc) is 2.27. The minimum absolute atomic E-state index is 0.0735. The monoisotopic (exact) mass is 249 g/mol. The lowest BCUT2D eigenvalue weighted by molar-refractivity contribution is 0.245. The summed E-state index contributed by atoms with van der Waals surface area (Å²) in [5.74, 6) is 0. The molecule has 0 saturated heterocycles. The number of hydrogen-bond acceptors (Lipinski definition) is 2. The van der Waals surface area contributed by atoms with Crippen LogP contribution in [0.25, 0.3) is 0 Å². The molecular formula is C14H23N3O. The molecule has 0 spiro atoms. The number of carbonyl (C=O) groups excluding carboxylic acids is 1. The van der Waals surface area contributed by atoms with Gasteiger partial charge in [0.25, 0.3) is 0 Å². The van der Waals surface area contributed by atoms with E-state index in [0.29, 0.717) is 5.41 Å². The van der Waals surface area contributed by atoms with Crippen LogP contribution in [0.4, 0.5) is 4.79 Å². The number of hydrogen-bond donors (Lipinski definition) is 2. The van der Waals surface area contributed by atoms with E-state index in [0.717, 1.165) is 25.0 Å². The Morgan fingerprint density at radius 2 is 2.11 bits per heavy atom. The van der Waals surface area contributed by atoms with Crippen molar-refractivity contribution in [1.29, 1.82) is 0 Å². The topological polar surface area (TPSA) is 67.5 Å². The summed E-state index contributed by atoms with van der Waals surface area (Å²) in [6.45, 7) is 6.75. The zero-order valence-electron chi connectivity index (χ0n) is 11.5. The second kappa shape index (κ2) is 4.41. The summed E-state index contributed by atoms with van der Waals surface area (Å²) in [6, 6.07) is -0.593. The normalized spacial score (nSPS) is 32.6. The Balaban J connectivity index is 2.32. The van der Waals surface area contributed by atoms with E-state index in [2.05, 4.69) is 37.4 Å². The van der Waals surface area contributed by atoms with E-state index < -0.39 is 6.03 Å². The van der Waals surface area contributed by atoms with Crippen molar-refractivity contribution in [2.75, 3.05) is 0 Å². The van der Waals surface area contributed by atoms with E-state index in [-0.39, 0.29) is 5.41 Å². The number of hydrazone groups is 1. The van der Waals surface area contributed by atoms with Gasteiger partial charge in [-0.15, -0.1) is 0 Å². The molecule has 0 aromatic carbocycles. The Morgan fingerprint density at radius 1 is 1.39 bits per heavy atom. The van der Waals surface area contributed by atoms with Crippen LogP contribution in [0.2, 0.25) is 0 Å². The lowest BCUT2D eigenvalue weighted by Crippen LogP contribution is -2.43. The van der Waals surface area contributed by atoms with Gasteiger partial charge in [-0.25, -0.2) is 10.2 Å². The molecule has 0 aromatic rings. The van der Waals surface area contributed by atoms with Gasteiger partial charge in [0.15, 0.2) is 0 Å². The summed E-state index contributed by atoms with van der Waals surface area (Å²) in [7, 11) is 0. The highest BCUT2D eigenvalue weighted by molar-refractivity contribution is 5.94. The smallest absolute Gasteiger partial charge is 0.332 e. The van der Waals surface area contributed by atoms with Crippen molar-refractivity contribution in [2.24, 2.45) is 21.7 Å². The van der Waals surface area contributed by atoms with Gasteiger partial charge in [-0.05, 0) is 37.5 Å². The van der Waals surface area contributed by atoms with Crippen molar-refractivity contribution in [3.63, 3.8) is 0 Å². The van der Waals surface area contributed by atoms with Crippen molar-refractivity contribution in [3.8, 4) is 0 Å². The number of nitrogens with zero attached hydrogens (tertiary/aromatic N) is 1. The molecule has 0 aromatic heterocycles. The summed E-state index contributed by atoms with van der Waals surface area (Å²) >= 11 is 0. The third-order valence-electron chi connectivity index (χ3n) is 4.54. The Morgan fingerprint density at radius 3 is 2.78 bits per heavy atom. The van der Waals surface area contributed by atoms with Crippen LogP contribution in [0.15, 0.2) is 16.8 Å². The standard InChI is InChI=1S/C14H23N3O/c1-13(2)10-6-4-5-8-14(10,3)9-7-11(13)16-17-12(15)18/h6H,4-5,7-9H2,1-3H3,(H3,15,17,18)/b16-11-/t14-/m0/s1. The summed E-state index contributed by atoms with van der Waals surface area (Å²) < 4.78 is 0. The van der Waals surface area contributed by atoms with Crippen LogP contribution in [0.1, 0.15) is 52.9 Å². The summed E-state index contributed by atoms with van der Waals surface area (Å²) in [4.78, 5) is 10.8. The van der Waals surface area contributed by atoms with Crippen molar-refractivity contribution in [3.05, 3.63) is 11.6 Å². The Kier molecular flexibility index (Phi) is 3.21. The number of nitrogens with two attached hydrogens (primary N) is 1. The maximum atomic E-state index is 10.8. The molecule has 0 unspecified atom stereocenters. The summed E-state index contributed by atoms with van der Waals surface area (Å²) in [6.07, 6.45) is 8.12. The minimum atomic E-state index is -0.593. The molecule has 2 aliphatic rings. The van der Waals surface area contributed by atoms with Gasteiger partial charge in [0.05, 0.1) is 0 Å². The Labute approximate surface area is 109 Å². The molecule has 1 atom stereocenters. The number of fused-ring (bicyclic) bond motifs is 1. The third kappa shape index (κ3) is 2.16. The summed E-state index contributed by atoms with van der Waals surface area (Å²) in [5, 5.41) is 4.21. The van der Waals surface area contributed by atoms with Crippen LogP contribution < -0.4 is 11.2 Å². The Hall–Kier alpha value is -1.32. The highest BCUT2D eigenvalue weighted by Gasteiger charge is 2.45. The van der Waals surface area contributed by atoms with Crippen LogP contribution in [0.3, 0.4) is 0 Å². The maximum absolute atomic E-state index is 10.8. The molecule has 1 fully saturated rings. The lowest BCUT2D eigenvalue weighted by atomic mass is 9.56. The van der Waals surface area contributed by atoms with E-state index in [1.54, 1.807) is 0 Å². The van der Waals surface area contributed by atoms with Gasteiger partial charge in [-0.1, -0.05) is 32.4 Å². The number of urea groups is 1. The molecule has 18 heavy (non-hydrogen) atoms. The molecule has 3 N–H and O–H groups in total. The minimum Gasteiger partial charge on any atom is -0.350 e. The van der Waals surface area contributed by atoms with E-state index in [4.69, 9.17) is 5.73 Å². The second-order valence-corrected chi connectivity index (χ2v) is 6.23. The first-order chi connectivity index (χ1) is 8.36. The van der Waals surface area contributed by atoms with Gasteiger partial charge in [-0.2, -0.15) is 5.10 Å². The van der Waals surface area contributed by atoms with Crippen molar-refractivity contribution < 1.29 is 4.79 Å². The Bertz CT molecular complexity index is 423. The fourth-order valence-corrected chi connectivity index (χ4v) is 3.57. The van der Waals surface area contributed by atoms with E-state index >= 15 is 0 Å². The van der Waals surface area contributed by atoms with Crippen molar-refractivity contribution in [2.45, 2.75) is 52.9 Å². The van der Waals surface area contributed by atoms with E-state index in [9.17, 15) is 4.79 Å². The molecule has 0 radical (unpaired) electrons. The van der Waals surface area contributed by atoms with Crippen molar-refractivity contribution in [1.82, 2.24) is 5.43 Å². The number of carbonyl (C=O) groups is 1. The first-order valence-corrected chi connectivity index (χ1v) is 6.70. The van der Waals surface area contributed by atoms with Crippen LogP contribution >= 0.6 is 0 Å². The molecule has 4 heteroatoms. The van der Waals surface area contributed by atoms with Gasteiger partial charge >= 0.3 is 6.03 Å². The number of rotatable bonds is 1. The molecule has 100 valence electrons. The second-order valence-electron chi connectivity index (χ2n) is 6.23. The molecule has 0 bridgehead atoms. The number of primary amides is 1. The fourth-order valence-electron chi connectivity index (χ4n) is 3.57. The van der Waals surface area contributed by atoms with Crippen LogP contribution in [-0.4, -0.2) is 11.7 Å². The third-order valence-corrected chi connectivity index (χ3v) is 4.54.